The maximum absolute atomic E-state index is 7.27. The molecule has 1 unspecified atom stereocenters. The van der Waals surface area contributed by atoms with Gasteiger partial charge in [0.1, 0.15) is 5.75 Å². The van der Waals surface area contributed by atoms with Gasteiger partial charge in [0.05, 0.1) is 50.7 Å². The molecule has 57 heavy (non-hydrogen) atoms. The lowest BCUT2D eigenvalue weighted by Gasteiger charge is -2.50. The first-order valence-corrected chi connectivity index (χ1v) is 27.8. The van der Waals surface area contributed by atoms with Crippen molar-refractivity contribution in [2.45, 2.75) is 189 Å². The molecule has 3 aromatic carbocycles. The van der Waals surface area contributed by atoms with Crippen molar-refractivity contribution in [1.29, 1.82) is 0 Å². The summed E-state index contributed by atoms with van der Waals surface area (Å²) in [4.78, 5) is 0. The Morgan fingerprint density at radius 2 is 1.25 bits per heavy atom. The topological polar surface area (TPSA) is 41.9 Å². The largest absolute Gasteiger partial charge is 0.498 e. The molecule has 0 amide bonds. The number of fused-ring (bicyclic) bond motifs is 3. The van der Waals surface area contributed by atoms with E-state index < -0.39 is 34.5 Å². The highest BCUT2D eigenvalue weighted by atomic mass is 28.3. The SMILES string of the molecule is CC(C)(C)CC(C)(C)c1cc(B2OC(C)(C)C(C)(C)O2)c(OC2CCCCO2)c(-n2c3cc([Si](C)(C)C)ccc3c3ccc([Si](C)(C(C)(C)C)C(C)(C)C)cc32)c1. The van der Waals surface area contributed by atoms with Crippen LogP contribution < -0.4 is 20.6 Å². The van der Waals surface area contributed by atoms with Crippen LogP contribution >= 0.6 is 0 Å². The van der Waals surface area contributed by atoms with Crippen molar-refractivity contribution in [2.75, 3.05) is 6.61 Å². The lowest BCUT2D eigenvalue weighted by atomic mass is 9.69. The number of rotatable bonds is 8. The molecule has 0 aliphatic carbocycles. The van der Waals surface area contributed by atoms with Crippen LogP contribution in [0.25, 0.3) is 27.5 Å². The first kappa shape index (κ1) is 44.2. The molecule has 312 valence electrons. The molecule has 1 atom stereocenters. The molecule has 3 heterocycles. The molecule has 0 radical (unpaired) electrons. The summed E-state index contributed by atoms with van der Waals surface area (Å²) < 4.78 is 30.1. The third kappa shape index (κ3) is 8.13. The summed E-state index contributed by atoms with van der Waals surface area (Å²) in [6.45, 7) is 45.8. The summed E-state index contributed by atoms with van der Waals surface area (Å²) in [5.41, 5.74) is 4.59. The second kappa shape index (κ2) is 14.4. The van der Waals surface area contributed by atoms with Gasteiger partial charge >= 0.3 is 7.12 Å². The fourth-order valence-corrected chi connectivity index (χ4v) is 15.9. The van der Waals surface area contributed by atoms with E-state index in [1.54, 1.807) is 0 Å². The Balaban J connectivity index is 1.80. The van der Waals surface area contributed by atoms with E-state index in [0.717, 1.165) is 42.6 Å². The predicted molar refractivity (Wildman–Crippen MR) is 251 cm³/mol. The van der Waals surface area contributed by atoms with Crippen LogP contribution in [0.4, 0.5) is 0 Å². The fraction of sp³-hybridized carbons (Fsp3) is 0.633. The number of hydrogen-bond donors (Lipinski definition) is 0. The van der Waals surface area contributed by atoms with E-state index in [4.69, 9.17) is 18.8 Å². The van der Waals surface area contributed by atoms with E-state index in [0.29, 0.717) is 6.61 Å². The zero-order valence-electron chi connectivity index (χ0n) is 39.4. The second-order valence-electron chi connectivity index (χ2n) is 23.7. The summed E-state index contributed by atoms with van der Waals surface area (Å²) in [6, 6.07) is 19.5. The van der Waals surface area contributed by atoms with Crippen LogP contribution in [0.3, 0.4) is 0 Å². The van der Waals surface area contributed by atoms with Crippen molar-refractivity contribution in [1.82, 2.24) is 4.57 Å². The van der Waals surface area contributed by atoms with Crippen molar-refractivity contribution < 1.29 is 18.8 Å². The van der Waals surface area contributed by atoms with E-state index in [1.807, 2.05) is 0 Å². The molecule has 0 N–H and O–H groups in total. The molecule has 0 spiro atoms. The Morgan fingerprint density at radius 1 is 0.719 bits per heavy atom. The van der Waals surface area contributed by atoms with E-state index >= 15 is 0 Å². The molecule has 2 saturated heterocycles. The van der Waals surface area contributed by atoms with Crippen LogP contribution in [-0.4, -0.2) is 51.9 Å². The van der Waals surface area contributed by atoms with Gasteiger partial charge in [0.25, 0.3) is 0 Å². The molecule has 6 rings (SSSR count). The Bertz CT molecular complexity index is 2100. The highest BCUT2D eigenvalue weighted by molar-refractivity contribution is 6.95. The number of ether oxygens (including phenoxy) is 2. The van der Waals surface area contributed by atoms with Crippen LogP contribution in [0.1, 0.15) is 135 Å². The van der Waals surface area contributed by atoms with Crippen molar-refractivity contribution >= 4 is 60.9 Å². The summed E-state index contributed by atoms with van der Waals surface area (Å²) >= 11 is 0. The van der Waals surface area contributed by atoms with Crippen molar-refractivity contribution in [3.05, 3.63) is 54.1 Å². The van der Waals surface area contributed by atoms with E-state index in [-0.39, 0.29) is 27.2 Å². The minimum absolute atomic E-state index is 0.113. The maximum atomic E-state index is 7.27. The molecule has 2 fully saturated rings. The van der Waals surface area contributed by atoms with Crippen molar-refractivity contribution in [2.24, 2.45) is 5.41 Å². The minimum Gasteiger partial charge on any atom is -0.463 e. The second-order valence-corrected chi connectivity index (χ2v) is 34.6. The Labute approximate surface area is 349 Å². The van der Waals surface area contributed by atoms with E-state index in [9.17, 15) is 0 Å². The van der Waals surface area contributed by atoms with Crippen molar-refractivity contribution in [3.8, 4) is 11.4 Å². The molecule has 5 nitrogen and oxygen atoms in total. The highest BCUT2D eigenvalue weighted by Crippen LogP contribution is 2.51. The normalized spacial score (nSPS) is 19.8. The zero-order chi connectivity index (χ0) is 42.5. The zero-order valence-corrected chi connectivity index (χ0v) is 41.4. The first-order valence-electron chi connectivity index (χ1n) is 21.8. The first-order chi connectivity index (χ1) is 25.9. The lowest BCUT2D eigenvalue weighted by Crippen LogP contribution is -2.58. The number of hydrogen-bond acceptors (Lipinski definition) is 4. The number of aromatic nitrogens is 1. The minimum atomic E-state index is -2.14. The van der Waals surface area contributed by atoms with Crippen LogP contribution in [0, 0.1) is 5.41 Å². The lowest BCUT2D eigenvalue weighted by molar-refractivity contribution is -0.105. The molecular weight excluding hydrogens is 734 g/mol. The maximum Gasteiger partial charge on any atom is 0.498 e. The average Bonchev–Trinajstić information content (AvgIpc) is 3.49. The number of benzene rings is 3. The van der Waals surface area contributed by atoms with Crippen LogP contribution in [-0.2, 0) is 19.5 Å². The van der Waals surface area contributed by atoms with Crippen molar-refractivity contribution in [3.63, 3.8) is 0 Å². The van der Waals surface area contributed by atoms with Gasteiger partial charge in [0.2, 0.25) is 0 Å². The van der Waals surface area contributed by atoms with Gasteiger partial charge in [-0.15, -0.1) is 0 Å². The summed E-state index contributed by atoms with van der Waals surface area (Å²) in [7, 11) is -4.44. The van der Waals surface area contributed by atoms with Gasteiger partial charge in [0, 0.05) is 22.7 Å². The Kier molecular flexibility index (Phi) is 11.2. The molecule has 2 aliphatic heterocycles. The van der Waals surface area contributed by atoms with Gasteiger partial charge in [0.15, 0.2) is 6.29 Å². The molecule has 0 bridgehead atoms. The quantitative estimate of drug-likeness (QED) is 0.166. The molecular formula is C49H76BNO4Si2. The standard InChI is InChI=1S/C49H76BNO4Si2/c1-44(2,3)32-47(10,11)33-28-38(50-54-48(12,13)49(14,15)55-50)43(53-42-22-20-21-27-52-42)41(29-33)51-39-30-34(56(16,17)18)23-25-36(39)37-26-24-35(31-40(37)51)57(19,45(4,5)6)46(7,8)9/h23-26,28-31,42H,20-22,27,32H2,1-19H3. The van der Waals surface area contributed by atoms with Gasteiger partial charge < -0.3 is 23.3 Å². The Hall–Kier alpha value is -2.36. The third-order valence-corrected chi connectivity index (χ3v) is 23.7. The monoisotopic (exact) mass is 810 g/mol. The smallest absolute Gasteiger partial charge is 0.463 e. The fourth-order valence-electron chi connectivity index (χ4n) is 9.88. The predicted octanol–water partition coefficient (Wildman–Crippen LogP) is 12.1. The van der Waals surface area contributed by atoms with E-state index in [1.165, 1.54) is 37.7 Å². The number of nitrogens with zero attached hydrogens (tertiary/aromatic N) is 1. The Morgan fingerprint density at radius 3 is 1.72 bits per heavy atom. The molecule has 1 aromatic heterocycles. The third-order valence-electron chi connectivity index (χ3n) is 14.2. The summed E-state index contributed by atoms with van der Waals surface area (Å²) in [6.07, 6.45) is 3.62. The van der Waals surface area contributed by atoms with E-state index in [2.05, 4.69) is 183 Å². The summed E-state index contributed by atoms with van der Waals surface area (Å²) in [5, 5.41) is 5.73. The van der Waals surface area contributed by atoms with Gasteiger partial charge in [-0.3, -0.25) is 0 Å². The van der Waals surface area contributed by atoms with Gasteiger partial charge in [-0.05, 0) is 91.6 Å². The van der Waals surface area contributed by atoms with Crippen LogP contribution in [0.2, 0.25) is 36.3 Å². The average molecular weight is 810 g/mol. The summed E-state index contributed by atoms with van der Waals surface area (Å²) in [5.74, 6) is 0.796. The van der Waals surface area contributed by atoms with Gasteiger partial charge in [-0.1, -0.05) is 143 Å². The van der Waals surface area contributed by atoms with Gasteiger partial charge in [-0.2, -0.15) is 0 Å². The highest BCUT2D eigenvalue weighted by Gasteiger charge is 2.54. The van der Waals surface area contributed by atoms with Gasteiger partial charge in [-0.25, -0.2) is 0 Å². The molecule has 4 aromatic rings. The molecule has 8 heteroatoms. The van der Waals surface area contributed by atoms with Crippen LogP contribution in [0.15, 0.2) is 48.5 Å². The molecule has 2 aliphatic rings. The van der Waals surface area contributed by atoms with Crippen LogP contribution in [0.5, 0.6) is 5.75 Å². The molecule has 0 saturated carbocycles.